The molecule has 1 amide bonds. The first-order chi connectivity index (χ1) is 13.9. The molecule has 0 aliphatic carbocycles. The number of hydrogen-bond acceptors (Lipinski definition) is 4. The molecule has 0 spiro atoms. The number of anilines is 1. The van der Waals surface area contributed by atoms with Crippen molar-refractivity contribution in [1.82, 2.24) is 10.3 Å². The predicted octanol–water partition coefficient (Wildman–Crippen LogP) is 5.33. The maximum atomic E-state index is 13.6. The largest absolute Gasteiger partial charge is 0.417 e. The number of thiazole rings is 1. The minimum absolute atomic E-state index is 0.269. The molecule has 0 radical (unpaired) electrons. The first-order valence-electron chi connectivity index (χ1n) is 9.18. The van der Waals surface area contributed by atoms with Gasteiger partial charge in [0.1, 0.15) is 0 Å². The van der Waals surface area contributed by atoms with Gasteiger partial charge in [-0.15, -0.1) is 0 Å². The molecule has 0 saturated carbocycles. The van der Waals surface area contributed by atoms with E-state index in [1.54, 1.807) is 18.2 Å². The molecule has 3 aromatic rings. The summed E-state index contributed by atoms with van der Waals surface area (Å²) in [6.07, 6.45) is -1.24. The number of rotatable bonds is 3. The van der Waals surface area contributed by atoms with Crippen molar-refractivity contribution in [3.63, 3.8) is 0 Å². The first-order valence-corrected chi connectivity index (χ1v) is 10.00. The van der Waals surface area contributed by atoms with E-state index in [9.17, 15) is 18.0 Å². The average molecular weight is 417 g/mol. The summed E-state index contributed by atoms with van der Waals surface area (Å²) in [6.45, 7) is 1.64. The highest BCUT2D eigenvalue weighted by atomic mass is 32.1. The summed E-state index contributed by atoms with van der Waals surface area (Å²) in [5, 5.41) is 5.99. The van der Waals surface area contributed by atoms with Crippen molar-refractivity contribution in [3.8, 4) is 0 Å². The summed E-state index contributed by atoms with van der Waals surface area (Å²) in [7, 11) is 0. The van der Waals surface area contributed by atoms with Crippen LogP contribution in [-0.4, -0.2) is 24.0 Å². The Morgan fingerprint density at radius 2 is 1.90 bits per heavy atom. The van der Waals surface area contributed by atoms with Crippen LogP contribution in [0.3, 0.4) is 0 Å². The molecule has 150 valence electrons. The number of halogens is 3. The fourth-order valence-electron chi connectivity index (χ4n) is 3.30. The van der Waals surface area contributed by atoms with E-state index in [0.717, 1.165) is 42.3 Å². The van der Waals surface area contributed by atoms with E-state index < -0.39 is 23.2 Å². The van der Waals surface area contributed by atoms with Gasteiger partial charge >= 0.3 is 6.18 Å². The van der Waals surface area contributed by atoms with Gasteiger partial charge in [0.05, 0.1) is 21.3 Å². The molecule has 1 saturated heterocycles. The fourth-order valence-corrected chi connectivity index (χ4v) is 4.16. The molecule has 2 heterocycles. The third kappa shape index (κ3) is 4.49. The summed E-state index contributed by atoms with van der Waals surface area (Å²) < 4.78 is 41.8. The normalized spacial score (nSPS) is 14.8. The van der Waals surface area contributed by atoms with Crippen LogP contribution in [0.2, 0.25) is 0 Å². The Kier molecular flexibility index (Phi) is 5.38. The highest BCUT2D eigenvalue weighted by Crippen LogP contribution is 2.34. The molecule has 0 unspecified atom stereocenters. The van der Waals surface area contributed by atoms with Crippen LogP contribution in [0.1, 0.15) is 34.3 Å². The second kappa shape index (κ2) is 7.96. The van der Waals surface area contributed by atoms with Crippen LogP contribution in [0.5, 0.6) is 0 Å². The third-order valence-corrected chi connectivity index (χ3v) is 5.68. The number of piperidine rings is 1. The maximum absolute atomic E-state index is 13.6. The van der Waals surface area contributed by atoms with Crippen LogP contribution in [0.25, 0.3) is 16.3 Å². The average Bonchev–Trinajstić information content (AvgIpc) is 3.10. The third-order valence-electron chi connectivity index (χ3n) is 4.72. The van der Waals surface area contributed by atoms with Crippen molar-refractivity contribution in [2.24, 2.45) is 0 Å². The number of aromatic nitrogens is 1. The monoisotopic (exact) mass is 417 g/mol. The van der Waals surface area contributed by atoms with Gasteiger partial charge in [0, 0.05) is 0 Å². The lowest BCUT2D eigenvalue weighted by molar-refractivity contribution is -0.137. The molecular weight excluding hydrogens is 399 g/mol. The molecule has 1 fully saturated rings. The van der Waals surface area contributed by atoms with Gasteiger partial charge in [-0.2, -0.15) is 13.2 Å². The van der Waals surface area contributed by atoms with E-state index in [1.165, 1.54) is 17.4 Å². The molecule has 8 heteroatoms. The number of alkyl halides is 3. The minimum atomic E-state index is -4.64. The van der Waals surface area contributed by atoms with Crippen LogP contribution >= 0.6 is 11.3 Å². The summed E-state index contributed by atoms with van der Waals surface area (Å²) in [4.78, 5) is 16.8. The molecule has 1 aromatic heterocycles. The Labute approximate surface area is 169 Å². The molecule has 4 nitrogen and oxygen atoms in total. The topological polar surface area (TPSA) is 54.0 Å². The summed E-state index contributed by atoms with van der Waals surface area (Å²) in [5.74, 6) is -0.822. The van der Waals surface area contributed by atoms with Crippen molar-refractivity contribution in [2.75, 3.05) is 18.4 Å². The van der Waals surface area contributed by atoms with Gasteiger partial charge in [-0.05, 0) is 55.8 Å². The SMILES string of the molecule is O=C(Nc1nc2ccccc2s1)c1ccc(C=C2CCNCC2)cc1C(F)(F)F. The van der Waals surface area contributed by atoms with Gasteiger partial charge in [0.25, 0.3) is 5.91 Å². The van der Waals surface area contributed by atoms with E-state index in [2.05, 4.69) is 15.6 Å². The van der Waals surface area contributed by atoms with E-state index in [1.807, 2.05) is 18.2 Å². The number of carbonyl (C=O) groups excluding carboxylic acids is 1. The van der Waals surface area contributed by atoms with Crippen LogP contribution in [0.4, 0.5) is 18.3 Å². The number of nitrogens with one attached hydrogen (secondary N) is 2. The number of carbonyl (C=O) groups is 1. The van der Waals surface area contributed by atoms with E-state index in [-0.39, 0.29) is 5.13 Å². The molecular formula is C21H18F3N3OS. The number of amides is 1. The summed E-state index contributed by atoms with van der Waals surface area (Å²) in [6, 6.07) is 11.1. The summed E-state index contributed by atoms with van der Waals surface area (Å²) >= 11 is 1.22. The molecule has 29 heavy (non-hydrogen) atoms. The minimum Gasteiger partial charge on any atom is -0.316 e. The van der Waals surface area contributed by atoms with E-state index >= 15 is 0 Å². The lowest BCUT2D eigenvalue weighted by Crippen LogP contribution is -2.23. The highest BCUT2D eigenvalue weighted by Gasteiger charge is 2.35. The molecule has 2 N–H and O–H groups in total. The van der Waals surface area contributed by atoms with Crippen LogP contribution in [0, 0.1) is 0 Å². The van der Waals surface area contributed by atoms with Crippen molar-refractivity contribution in [1.29, 1.82) is 0 Å². The number of hydrogen-bond donors (Lipinski definition) is 2. The highest BCUT2D eigenvalue weighted by molar-refractivity contribution is 7.22. The second-order valence-electron chi connectivity index (χ2n) is 6.80. The van der Waals surface area contributed by atoms with E-state index in [0.29, 0.717) is 11.1 Å². The van der Waals surface area contributed by atoms with Gasteiger partial charge in [-0.1, -0.05) is 41.2 Å². The summed E-state index contributed by atoms with van der Waals surface area (Å²) in [5.41, 5.74) is 0.880. The van der Waals surface area contributed by atoms with Gasteiger partial charge in [0.15, 0.2) is 5.13 Å². The molecule has 1 aliphatic heterocycles. The van der Waals surface area contributed by atoms with Crippen molar-refractivity contribution < 1.29 is 18.0 Å². The van der Waals surface area contributed by atoms with E-state index in [4.69, 9.17) is 0 Å². The zero-order valence-electron chi connectivity index (χ0n) is 15.3. The van der Waals surface area contributed by atoms with Gasteiger partial charge in [0.2, 0.25) is 0 Å². The Bertz CT molecular complexity index is 1050. The maximum Gasteiger partial charge on any atom is 0.417 e. The molecule has 4 rings (SSSR count). The zero-order chi connectivity index (χ0) is 20.4. The van der Waals surface area contributed by atoms with Gasteiger partial charge in [-0.3, -0.25) is 10.1 Å². The van der Waals surface area contributed by atoms with Gasteiger partial charge < -0.3 is 5.32 Å². The molecule has 0 bridgehead atoms. The Morgan fingerprint density at radius 3 is 2.62 bits per heavy atom. The van der Waals surface area contributed by atoms with Crippen LogP contribution < -0.4 is 10.6 Å². The Hall–Kier alpha value is -2.71. The predicted molar refractivity (Wildman–Crippen MR) is 109 cm³/mol. The Balaban J connectivity index is 1.63. The molecule has 2 aromatic carbocycles. The lowest BCUT2D eigenvalue weighted by atomic mass is 9.98. The number of benzene rings is 2. The number of fused-ring (bicyclic) bond motifs is 1. The second-order valence-corrected chi connectivity index (χ2v) is 7.83. The van der Waals surface area contributed by atoms with Crippen LogP contribution in [-0.2, 0) is 6.18 Å². The van der Waals surface area contributed by atoms with Gasteiger partial charge in [-0.25, -0.2) is 4.98 Å². The lowest BCUT2D eigenvalue weighted by Gasteiger charge is -2.16. The molecule has 1 aliphatic rings. The number of para-hydroxylation sites is 1. The smallest absolute Gasteiger partial charge is 0.316 e. The van der Waals surface area contributed by atoms with Crippen molar-refractivity contribution >= 4 is 38.7 Å². The fraction of sp³-hybridized carbons (Fsp3) is 0.238. The number of nitrogens with zero attached hydrogens (tertiary/aromatic N) is 1. The zero-order valence-corrected chi connectivity index (χ0v) is 16.2. The van der Waals surface area contributed by atoms with Crippen LogP contribution in [0.15, 0.2) is 48.0 Å². The standard InChI is InChI=1S/C21H18F3N3OS/c22-21(23,24)16-12-14(11-13-7-9-25-10-8-13)5-6-15(16)19(28)27-20-26-17-3-1-2-4-18(17)29-20/h1-6,11-12,25H,7-10H2,(H,26,27,28). The quantitative estimate of drug-likeness (QED) is 0.605. The van der Waals surface area contributed by atoms with Crippen molar-refractivity contribution in [2.45, 2.75) is 19.0 Å². The molecule has 0 atom stereocenters. The Morgan fingerprint density at radius 1 is 1.14 bits per heavy atom. The first kappa shape index (κ1) is 19.6. The van der Waals surface area contributed by atoms with Crippen molar-refractivity contribution in [3.05, 3.63) is 64.7 Å².